The van der Waals surface area contributed by atoms with Gasteiger partial charge in [-0.3, -0.25) is 0 Å². The first-order chi connectivity index (χ1) is 9.15. The van der Waals surface area contributed by atoms with E-state index in [1.54, 1.807) is 19.1 Å². The number of nitrogens with two attached hydrogens (primary N) is 1. The van der Waals surface area contributed by atoms with Crippen LogP contribution in [0.3, 0.4) is 0 Å². The van der Waals surface area contributed by atoms with Gasteiger partial charge >= 0.3 is 0 Å². The number of benzene rings is 1. The third-order valence-corrected chi connectivity index (χ3v) is 2.57. The summed E-state index contributed by atoms with van der Waals surface area (Å²) in [5.41, 5.74) is 3.65. The second kappa shape index (κ2) is 5.49. The number of anilines is 3. The fraction of sp³-hybridized carbons (Fsp3) is 0.167. The Morgan fingerprint density at radius 2 is 2.00 bits per heavy atom. The van der Waals surface area contributed by atoms with Gasteiger partial charge in [0.2, 0.25) is 5.75 Å². The molecule has 0 bridgehead atoms. The van der Waals surface area contributed by atoms with Gasteiger partial charge in [0.1, 0.15) is 12.1 Å². The van der Waals surface area contributed by atoms with Crippen molar-refractivity contribution in [3.63, 3.8) is 0 Å². The lowest BCUT2D eigenvalue weighted by atomic mass is 10.2. The van der Waals surface area contributed by atoms with Crippen LogP contribution in [0.25, 0.3) is 0 Å². The molecule has 0 saturated heterocycles. The molecule has 0 aliphatic carbocycles. The van der Waals surface area contributed by atoms with Crippen LogP contribution in [0.5, 0.6) is 5.75 Å². The van der Waals surface area contributed by atoms with Crippen molar-refractivity contribution in [3.8, 4) is 5.75 Å². The fourth-order valence-corrected chi connectivity index (χ4v) is 1.62. The van der Waals surface area contributed by atoms with E-state index < -0.39 is 0 Å². The number of hydrogen-bond acceptors (Lipinski definition) is 6. The van der Waals surface area contributed by atoms with Crippen molar-refractivity contribution in [2.45, 2.75) is 6.92 Å². The van der Waals surface area contributed by atoms with Gasteiger partial charge in [-0.15, -0.1) is 0 Å². The van der Waals surface area contributed by atoms with Crippen LogP contribution in [0.4, 0.5) is 21.7 Å². The van der Waals surface area contributed by atoms with E-state index in [0.717, 1.165) is 0 Å². The molecule has 0 fully saturated rings. The van der Waals surface area contributed by atoms with Gasteiger partial charge in [-0.05, 0) is 30.7 Å². The van der Waals surface area contributed by atoms with Crippen molar-refractivity contribution in [3.05, 3.63) is 35.9 Å². The van der Waals surface area contributed by atoms with Gasteiger partial charge in [-0.1, -0.05) is 0 Å². The lowest BCUT2D eigenvalue weighted by Gasteiger charge is -2.12. The first kappa shape index (κ1) is 13.0. The van der Waals surface area contributed by atoms with E-state index >= 15 is 0 Å². The van der Waals surface area contributed by atoms with Gasteiger partial charge in [-0.25, -0.2) is 20.2 Å². The summed E-state index contributed by atoms with van der Waals surface area (Å²) in [6, 6.07) is 4.67. The average Bonchev–Trinajstić information content (AvgIpc) is 2.42. The Hall–Kier alpha value is -2.41. The minimum atomic E-state index is -0.260. The van der Waals surface area contributed by atoms with Crippen molar-refractivity contribution in [1.82, 2.24) is 9.97 Å². The van der Waals surface area contributed by atoms with Crippen LogP contribution in [0.1, 0.15) is 5.56 Å². The van der Waals surface area contributed by atoms with Crippen LogP contribution in [-0.2, 0) is 0 Å². The summed E-state index contributed by atoms with van der Waals surface area (Å²) >= 11 is 0. The Balaban J connectivity index is 2.35. The molecule has 0 aliphatic heterocycles. The third-order valence-electron chi connectivity index (χ3n) is 2.57. The number of nitrogens with one attached hydrogen (secondary N) is 2. The highest BCUT2D eigenvalue weighted by atomic mass is 19.1. The molecule has 0 spiro atoms. The normalized spacial score (nSPS) is 10.1. The van der Waals surface area contributed by atoms with Crippen LogP contribution in [0.15, 0.2) is 24.5 Å². The highest BCUT2D eigenvalue weighted by Gasteiger charge is 2.11. The molecule has 0 aliphatic rings. The molecular weight excluding hydrogens is 249 g/mol. The highest BCUT2D eigenvalue weighted by Crippen LogP contribution is 2.30. The summed E-state index contributed by atoms with van der Waals surface area (Å²) in [5.74, 6) is 6.26. The maximum Gasteiger partial charge on any atom is 0.205 e. The molecule has 1 heterocycles. The number of nitrogens with zero attached hydrogens (tertiary/aromatic N) is 2. The van der Waals surface area contributed by atoms with Gasteiger partial charge in [0.05, 0.1) is 7.11 Å². The molecule has 7 heteroatoms. The van der Waals surface area contributed by atoms with Crippen molar-refractivity contribution < 1.29 is 9.13 Å². The van der Waals surface area contributed by atoms with Crippen molar-refractivity contribution in [1.29, 1.82) is 0 Å². The molecule has 0 amide bonds. The van der Waals surface area contributed by atoms with Crippen LogP contribution in [0, 0.1) is 12.7 Å². The smallest absolute Gasteiger partial charge is 0.205 e. The lowest BCUT2D eigenvalue weighted by Crippen LogP contribution is -2.11. The number of halogens is 1. The monoisotopic (exact) mass is 263 g/mol. The summed E-state index contributed by atoms with van der Waals surface area (Å²) in [4.78, 5) is 8.00. The summed E-state index contributed by atoms with van der Waals surface area (Å²) in [6.07, 6.45) is 1.34. The Kier molecular flexibility index (Phi) is 3.76. The quantitative estimate of drug-likeness (QED) is 0.577. The van der Waals surface area contributed by atoms with Crippen molar-refractivity contribution in [2.75, 3.05) is 17.9 Å². The standard InChI is InChI=1S/C12H14FN5O/c1-7-5-8(3-4-9(7)13)17-11-10(19-2)12(18-14)16-6-15-11/h3-6H,14H2,1-2H3,(H2,15,16,17,18). The van der Waals surface area contributed by atoms with Crippen molar-refractivity contribution >= 4 is 17.3 Å². The molecule has 19 heavy (non-hydrogen) atoms. The number of aromatic nitrogens is 2. The van der Waals surface area contributed by atoms with Crippen molar-refractivity contribution in [2.24, 2.45) is 5.84 Å². The van der Waals surface area contributed by atoms with Gasteiger partial charge in [0, 0.05) is 5.69 Å². The van der Waals surface area contributed by atoms with Gasteiger partial charge < -0.3 is 15.5 Å². The first-order valence-electron chi connectivity index (χ1n) is 5.54. The van der Waals surface area contributed by atoms with Crippen LogP contribution in [-0.4, -0.2) is 17.1 Å². The van der Waals surface area contributed by atoms with Crippen LogP contribution < -0.4 is 21.3 Å². The average molecular weight is 263 g/mol. The number of hydrazine groups is 1. The number of aryl methyl sites for hydroxylation is 1. The second-order valence-corrected chi connectivity index (χ2v) is 3.84. The Morgan fingerprint density at radius 3 is 2.63 bits per heavy atom. The summed E-state index contributed by atoms with van der Waals surface area (Å²) in [7, 11) is 1.49. The molecule has 2 aromatic rings. The van der Waals surface area contributed by atoms with E-state index in [2.05, 4.69) is 20.7 Å². The summed E-state index contributed by atoms with van der Waals surface area (Å²) in [6.45, 7) is 1.69. The first-order valence-corrected chi connectivity index (χ1v) is 5.54. The molecule has 6 nitrogen and oxygen atoms in total. The molecule has 2 rings (SSSR count). The van der Waals surface area contributed by atoms with Crippen LogP contribution in [0.2, 0.25) is 0 Å². The van der Waals surface area contributed by atoms with Gasteiger partial charge in [0.25, 0.3) is 0 Å². The van der Waals surface area contributed by atoms with Gasteiger partial charge in [-0.2, -0.15) is 0 Å². The Labute approximate surface area is 109 Å². The van der Waals surface area contributed by atoms with Crippen LogP contribution >= 0.6 is 0 Å². The maximum absolute atomic E-state index is 13.2. The zero-order chi connectivity index (χ0) is 13.8. The molecule has 0 unspecified atom stereocenters. The number of hydrogen-bond donors (Lipinski definition) is 3. The largest absolute Gasteiger partial charge is 0.490 e. The zero-order valence-corrected chi connectivity index (χ0v) is 10.6. The van der Waals surface area contributed by atoms with E-state index in [1.807, 2.05) is 0 Å². The van der Waals surface area contributed by atoms with E-state index in [4.69, 9.17) is 10.6 Å². The number of nitrogen functional groups attached to an aromatic ring is 1. The lowest BCUT2D eigenvalue weighted by molar-refractivity contribution is 0.415. The molecule has 0 saturated carbocycles. The van der Waals surface area contributed by atoms with E-state index in [0.29, 0.717) is 28.6 Å². The fourth-order valence-electron chi connectivity index (χ4n) is 1.62. The molecule has 1 aromatic carbocycles. The van der Waals surface area contributed by atoms with E-state index in [9.17, 15) is 4.39 Å². The highest BCUT2D eigenvalue weighted by molar-refractivity contribution is 5.69. The SMILES string of the molecule is COc1c(NN)ncnc1Nc1ccc(F)c(C)c1. The topological polar surface area (TPSA) is 85.1 Å². The minimum Gasteiger partial charge on any atom is -0.490 e. The third kappa shape index (κ3) is 2.71. The predicted octanol–water partition coefficient (Wildman–Crippen LogP) is 1.96. The number of ether oxygens (including phenoxy) is 1. The number of methoxy groups -OCH3 is 1. The number of rotatable bonds is 4. The molecule has 0 atom stereocenters. The van der Waals surface area contributed by atoms with Gasteiger partial charge in [0.15, 0.2) is 11.6 Å². The maximum atomic E-state index is 13.2. The molecule has 4 N–H and O–H groups in total. The Morgan fingerprint density at radius 1 is 1.26 bits per heavy atom. The predicted molar refractivity (Wildman–Crippen MR) is 70.8 cm³/mol. The second-order valence-electron chi connectivity index (χ2n) is 3.84. The molecule has 100 valence electrons. The zero-order valence-electron chi connectivity index (χ0n) is 10.6. The molecular formula is C12H14FN5O. The summed E-state index contributed by atoms with van der Waals surface area (Å²) in [5, 5.41) is 3.03. The van der Waals surface area contributed by atoms with E-state index in [1.165, 1.54) is 19.5 Å². The molecule has 1 aromatic heterocycles. The summed E-state index contributed by atoms with van der Waals surface area (Å²) < 4.78 is 18.4. The molecule has 0 radical (unpaired) electrons. The minimum absolute atomic E-state index is 0.260. The van der Waals surface area contributed by atoms with E-state index in [-0.39, 0.29) is 5.82 Å². The Bertz CT molecular complexity index is 590.